The van der Waals surface area contributed by atoms with Gasteiger partial charge in [0, 0.05) is 52.0 Å². The van der Waals surface area contributed by atoms with Crippen LogP contribution in [0.15, 0.2) is 54.9 Å². The number of aromatic nitrogens is 1. The molecule has 0 spiro atoms. The Morgan fingerprint density at radius 2 is 1.76 bits per heavy atom. The van der Waals surface area contributed by atoms with E-state index in [2.05, 4.69) is 55.7 Å². The van der Waals surface area contributed by atoms with Gasteiger partial charge < -0.3 is 10.6 Å². The van der Waals surface area contributed by atoms with E-state index in [1.807, 2.05) is 6.07 Å². The molecule has 1 aromatic heterocycles. The number of piperazine rings is 1. The molecule has 1 aromatic carbocycles. The highest BCUT2D eigenvalue weighted by atomic mass is 16.2. The zero-order valence-electron chi connectivity index (χ0n) is 14.4. The smallest absolute Gasteiger partial charge is 0.319 e. The molecule has 6 heteroatoms. The van der Waals surface area contributed by atoms with E-state index < -0.39 is 0 Å². The quantitative estimate of drug-likeness (QED) is 0.845. The highest BCUT2D eigenvalue weighted by molar-refractivity contribution is 5.88. The minimum atomic E-state index is -0.185. The molecular formula is C19H25N5O. The Hall–Kier alpha value is -2.44. The number of pyridine rings is 1. The highest BCUT2D eigenvalue weighted by Crippen LogP contribution is 2.08. The summed E-state index contributed by atoms with van der Waals surface area (Å²) in [6, 6.07) is 14.0. The van der Waals surface area contributed by atoms with E-state index in [1.165, 1.54) is 5.56 Å². The number of carbonyl (C=O) groups is 1. The standard InChI is InChI=1S/C19H25N5O/c25-19(22-18-7-4-8-20-15-18)21-9-10-23-11-13-24(14-12-23)16-17-5-2-1-3-6-17/h1-8,15H,9-14,16H2,(H2,21,22,25). The fourth-order valence-electron chi connectivity index (χ4n) is 2.95. The molecule has 132 valence electrons. The zero-order valence-corrected chi connectivity index (χ0v) is 14.4. The van der Waals surface area contributed by atoms with E-state index in [-0.39, 0.29) is 6.03 Å². The van der Waals surface area contributed by atoms with Gasteiger partial charge in [-0.1, -0.05) is 30.3 Å². The van der Waals surface area contributed by atoms with Crippen LogP contribution in [0.5, 0.6) is 0 Å². The van der Waals surface area contributed by atoms with Crippen molar-refractivity contribution < 1.29 is 4.79 Å². The number of rotatable bonds is 6. The number of nitrogens with one attached hydrogen (secondary N) is 2. The van der Waals surface area contributed by atoms with E-state index in [0.717, 1.165) is 39.3 Å². The number of benzene rings is 1. The van der Waals surface area contributed by atoms with Gasteiger partial charge in [0.15, 0.2) is 0 Å². The van der Waals surface area contributed by atoms with Crippen LogP contribution in [0.1, 0.15) is 5.56 Å². The van der Waals surface area contributed by atoms with Gasteiger partial charge in [0.05, 0.1) is 11.9 Å². The average molecular weight is 339 g/mol. The summed E-state index contributed by atoms with van der Waals surface area (Å²) in [5.74, 6) is 0. The first-order valence-electron chi connectivity index (χ1n) is 8.73. The van der Waals surface area contributed by atoms with E-state index >= 15 is 0 Å². The maximum Gasteiger partial charge on any atom is 0.319 e. The molecule has 0 bridgehead atoms. The zero-order chi connectivity index (χ0) is 17.3. The van der Waals surface area contributed by atoms with Crippen LogP contribution in [-0.4, -0.2) is 60.1 Å². The maximum absolute atomic E-state index is 11.8. The molecule has 1 fully saturated rings. The molecule has 2 amide bonds. The first kappa shape index (κ1) is 17.4. The predicted molar refractivity (Wildman–Crippen MR) is 99.4 cm³/mol. The molecule has 1 aliphatic rings. The van der Waals surface area contributed by atoms with Crippen molar-refractivity contribution in [1.82, 2.24) is 20.1 Å². The van der Waals surface area contributed by atoms with Crippen molar-refractivity contribution in [3.8, 4) is 0 Å². The van der Waals surface area contributed by atoms with Gasteiger partial charge in [-0.2, -0.15) is 0 Å². The molecule has 2 N–H and O–H groups in total. The van der Waals surface area contributed by atoms with E-state index in [4.69, 9.17) is 0 Å². The summed E-state index contributed by atoms with van der Waals surface area (Å²) in [6.45, 7) is 6.75. The molecule has 0 aliphatic carbocycles. The number of amides is 2. The van der Waals surface area contributed by atoms with E-state index in [1.54, 1.807) is 18.5 Å². The van der Waals surface area contributed by atoms with Gasteiger partial charge in [-0.25, -0.2) is 4.79 Å². The van der Waals surface area contributed by atoms with Gasteiger partial charge in [-0.15, -0.1) is 0 Å². The minimum Gasteiger partial charge on any atom is -0.337 e. The topological polar surface area (TPSA) is 60.5 Å². The predicted octanol–water partition coefficient (Wildman–Crippen LogP) is 2.02. The van der Waals surface area contributed by atoms with Crippen LogP contribution >= 0.6 is 0 Å². The summed E-state index contributed by atoms with van der Waals surface area (Å²) >= 11 is 0. The molecule has 25 heavy (non-hydrogen) atoms. The molecule has 1 aliphatic heterocycles. The van der Waals surface area contributed by atoms with Gasteiger partial charge in [0.25, 0.3) is 0 Å². The van der Waals surface area contributed by atoms with E-state index in [0.29, 0.717) is 12.2 Å². The lowest BCUT2D eigenvalue weighted by atomic mass is 10.2. The Bertz CT molecular complexity index is 641. The Balaban J connectivity index is 1.31. The van der Waals surface area contributed by atoms with Crippen molar-refractivity contribution in [2.75, 3.05) is 44.6 Å². The Labute approximate surface area is 148 Å². The second kappa shape index (κ2) is 9.15. The van der Waals surface area contributed by atoms with Crippen LogP contribution in [0, 0.1) is 0 Å². The Morgan fingerprint density at radius 3 is 2.48 bits per heavy atom. The summed E-state index contributed by atoms with van der Waals surface area (Å²) in [6.07, 6.45) is 3.31. The lowest BCUT2D eigenvalue weighted by Crippen LogP contribution is -2.48. The summed E-state index contributed by atoms with van der Waals surface area (Å²) in [4.78, 5) is 20.7. The number of carbonyl (C=O) groups excluding carboxylic acids is 1. The molecule has 0 atom stereocenters. The normalized spacial score (nSPS) is 15.7. The molecule has 0 unspecified atom stereocenters. The third kappa shape index (κ3) is 5.85. The highest BCUT2D eigenvalue weighted by Gasteiger charge is 2.16. The minimum absolute atomic E-state index is 0.185. The van der Waals surface area contributed by atoms with Crippen LogP contribution < -0.4 is 10.6 Å². The maximum atomic E-state index is 11.8. The van der Waals surface area contributed by atoms with Gasteiger partial charge >= 0.3 is 6.03 Å². The molecule has 0 radical (unpaired) electrons. The third-order valence-corrected chi connectivity index (χ3v) is 4.35. The van der Waals surface area contributed by atoms with Gasteiger partial charge in [-0.3, -0.25) is 14.8 Å². The van der Waals surface area contributed by atoms with Crippen molar-refractivity contribution >= 4 is 11.7 Å². The molecule has 3 rings (SSSR count). The molecule has 0 saturated carbocycles. The number of nitrogens with zero attached hydrogens (tertiary/aromatic N) is 3. The number of anilines is 1. The third-order valence-electron chi connectivity index (χ3n) is 4.35. The van der Waals surface area contributed by atoms with Crippen LogP contribution in [-0.2, 0) is 6.54 Å². The van der Waals surface area contributed by atoms with Crippen molar-refractivity contribution in [3.63, 3.8) is 0 Å². The van der Waals surface area contributed by atoms with Gasteiger partial charge in [-0.05, 0) is 17.7 Å². The monoisotopic (exact) mass is 339 g/mol. The van der Waals surface area contributed by atoms with Gasteiger partial charge in [0.2, 0.25) is 0 Å². The summed E-state index contributed by atoms with van der Waals surface area (Å²) in [7, 11) is 0. The number of hydrogen-bond donors (Lipinski definition) is 2. The van der Waals surface area contributed by atoms with Crippen molar-refractivity contribution in [3.05, 3.63) is 60.4 Å². The molecule has 6 nitrogen and oxygen atoms in total. The van der Waals surface area contributed by atoms with E-state index in [9.17, 15) is 4.79 Å². The van der Waals surface area contributed by atoms with Crippen LogP contribution in [0.2, 0.25) is 0 Å². The second-order valence-corrected chi connectivity index (χ2v) is 6.23. The van der Waals surface area contributed by atoms with Crippen LogP contribution in [0.3, 0.4) is 0 Å². The first-order chi connectivity index (χ1) is 12.3. The average Bonchev–Trinajstić information content (AvgIpc) is 2.65. The largest absolute Gasteiger partial charge is 0.337 e. The van der Waals surface area contributed by atoms with Crippen LogP contribution in [0.4, 0.5) is 10.5 Å². The van der Waals surface area contributed by atoms with Crippen molar-refractivity contribution in [1.29, 1.82) is 0 Å². The second-order valence-electron chi connectivity index (χ2n) is 6.23. The molecular weight excluding hydrogens is 314 g/mol. The first-order valence-corrected chi connectivity index (χ1v) is 8.73. The lowest BCUT2D eigenvalue weighted by Gasteiger charge is -2.34. The summed E-state index contributed by atoms with van der Waals surface area (Å²) < 4.78 is 0. The SMILES string of the molecule is O=C(NCCN1CCN(Cc2ccccc2)CC1)Nc1cccnc1. The molecule has 2 heterocycles. The fourth-order valence-corrected chi connectivity index (χ4v) is 2.95. The fraction of sp³-hybridized carbons (Fsp3) is 0.368. The molecule has 2 aromatic rings. The Kier molecular flexibility index (Phi) is 6.36. The van der Waals surface area contributed by atoms with Crippen LogP contribution in [0.25, 0.3) is 0 Å². The summed E-state index contributed by atoms with van der Waals surface area (Å²) in [5, 5.41) is 5.67. The van der Waals surface area contributed by atoms with Crippen molar-refractivity contribution in [2.45, 2.75) is 6.54 Å². The number of urea groups is 1. The van der Waals surface area contributed by atoms with Gasteiger partial charge in [0.1, 0.15) is 0 Å². The lowest BCUT2D eigenvalue weighted by molar-refractivity contribution is 0.128. The number of hydrogen-bond acceptors (Lipinski definition) is 4. The Morgan fingerprint density at radius 1 is 1.00 bits per heavy atom. The summed E-state index contributed by atoms with van der Waals surface area (Å²) in [5.41, 5.74) is 2.07. The van der Waals surface area contributed by atoms with Crippen molar-refractivity contribution in [2.24, 2.45) is 0 Å². The molecule has 1 saturated heterocycles.